The molecule has 0 amide bonds. The van der Waals surface area contributed by atoms with E-state index in [9.17, 15) is 0 Å². The normalized spacial score (nSPS) is 16.8. The molecule has 2 rings (SSSR count). The second-order valence-corrected chi connectivity index (χ2v) is 5.40. The summed E-state index contributed by atoms with van der Waals surface area (Å²) in [7, 11) is 2.19. The van der Waals surface area contributed by atoms with Crippen molar-refractivity contribution in [1.29, 1.82) is 0 Å². The molecule has 0 aliphatic heterocycles. The lowest BCUT2D eigenvalue weighted by Gasteiger charge is -2.34. The third-order valence-corrected chi connectivity index (χ3v) is 3.51. The molecule has 0 radical (unpaired) electrons. The Balaban J connectivity index is 1.80. The average molecular weight is 236 g/mol. The standard InChI is InChI=1S/C14H24N2O/c1-11(2)15-9-13-7-8-14(17-13)10-16(3)12-5-4-6-12/h7-8,11-12,15H,4-6,9-10H2,1-3H3. The van der Waals surface area contributed by atoms with Gasteiger partial charge in [-0.05, 0) is 32.0 Å². The van der Waals surface area contributed by atoms with E-state index >= 15 is 0 Å². The first-order chi connectivity index (χ1) is 8.15. The van der Waals surface area contributed by atoms with Crippen molar-refractivity contribution in [3.8, 4) is 0 Å². The predicted octanol–water partition coefficient (Wildman–Crippen LogP) is 2.76. The maximum atomic E-state index is 5.82. The van der Waals surface area contributed by atoms with Crippen LogP contribution in [0.5, 0.6) is 0 Å². The van der Waals surface area contributed by atoms with Crippen LogP contribution in [0, 0.1) is 0 Å². The Morgan fingerprint density at radius 2 is 2.06 bits per heavy atom. The molecule has 1 aliphatic rings. The molecule has 0 aromatic carbocycles. The van der Waals surface area contributed by atoms with Crippen LogP contribution in [0.25, 0.3) is 0 Å². The van der Waals surface area contributed by atoms with Gasteiger partial charge in [0, 0.05) is 12.1 Å². The van der Waals surface area contributed by atoms with E-state index in [1.165, 1.54) is 19.3 Å². The third kappa shape index (κ3) is 3.58. The molecule has 0 saturated heterocycles. The molecule has 1 aromatic heterocycles. The minimum absolute atomic E-state index is 0.501. The molecule has 1 aromatic rings. The minimum atomic E-state index is 0.501. The zero-order chi connectivity index (χ0) is 12.3. The summed E-state index contributed by atoms with van der Waals surface area (Å²) in [5, 5.41) is 3.37. The highest BCUT2D eigenvalue weighted by Crippen LogP contribution is 2.25. The fraction of sp³-hybridized carbons (Fsp3) is 0.714. The molecule has 1 heterocycles. The number of nitrogens with zero attached hydrogens (tertiary/aromatic N) is 1. The van der Waals surface area contributed by atoms with Crippen molar-refractivity contribution >= 4 is 0 Å². The van der Waals surface area contributed by atoms with E-state index in [0.717, 1.165) is 30.7 Å². The van der Waals surface area contributed by atoms with Gasteiger partial charge in [-0.1, -0.05) is 20.3 Å². The third-order valence-electron chi connectivity index (χ3n) is 3.51. The Morgan fingerprint density at radius 3 is 2.65 bits per heavy atom. The Labute approximate surface area is 104 Å². The topological polar surface area (TPSA) is 28.4 Å². The lowest BCUT2D eigenvalue weighted by Crippen LogP contribution is -2.36. The van der Waals surface area contributed by atoms with Crippen LogP contribution in [0.15, 0.2) is 16.5 Å². The van der Waals surface area contributed by atoms with Gasteiger partial charge in [-0.25, -0.2) is 0 Å². The first-order valence-electron chi connectivity index (χ1n) is 6.66. The van der Waals surface area contributed by atoms with Gasteiger partial charge >= 0.3 is 0 Å². The van der Waals surface area contributed by atoms with E-state index < -0.39 is 0 Å². The number of hydrogen-bond donors (Lipinski definition) is 1. The molecule has 1 N–H and O–H groups in total. The van der Waals surface area contributed by atoms with Crippen LogP contribution in [0.3, 0.4) is 0 Å². The van der Waals surface area contributed by atoms with Crippen LogP contribution in [0.2, 0.25) is 0 Å². The second-order valence-electron chi connectivity index (χ2n) is 5.40. The van der Waals surface area contributed by atoms with Crippen LogP contribution in [-0.4, -0.2) is 24.0 Å². The van der Waals surface area contributed by atoms with Crippen molar-refractivity contribution < 1.29 is 4.42 Å². The fourth-order valence-electron chi connectivity index (χ4n) is 2.11. The lowest BCUT2D eigenvalue weighted by molar-refractivity contribution is 0.142. The van der Waals surface area contributed by atoms with Gasteiger partial charge in [0.25, 0.3) is 0 Å². The average Bonchev–Trinajstić information content (AvgIpc) is 2.59. The highest BCUT2D eigenvalue weighted by atomic mass is 16.3. The molecule has 0 bridgehead atoms. The zero-order valence-electron chi connectivity index (χ0n) is 11.2. The quantitative estimate of drug-likeness (QED) is 0.823. The van der Waals surface area contributed by atoms with E-state index in [4.69, 9.17) is 4.42 Å². The Bertz CT molecular complexity index is 342. The van der Waals surface area contributed by atoms with Crippen LogP contribution in [0.4, 0.5) is 0 Å². The first kappa shape index (κ1) is 12.7. The van der Waals surface area contributed by atoms with E-state index in [1.54, 1.807) is 0 Å². The van der Waals surface area contributed by atoms with Crippen LogP contribution >= 0.6 is 0 Å². The van der Waals surface area contributed by atoms with Crippen molar-refractivity contribution in [2.75, 3.05) is 7.05 Å². The molecule has 3 nitrogen and oxygen atoms in total. The van der Waals surface area contributed by atoms with Crippen LogP contribution < -0.4 is 5.32 Å². The zero-order valence-corrected chi connectivity index (χ0v) is 11.2. The predicted molar refractivity (Wildman–Crippen MR) is 69.8 cm³/mol. The number of furan rings is 1. The fourth-order valence-corrected chi connectivity index (χ4v) is 2.11. The summed E-state index contributed by atoms with van der Waals surface area (Å²) in [6.07, 6.45) is 4.08. The van der Waals surface area contributed by atoms with Gasteiger partial charge in [0.15, 0.2) is 0 Å². The maximum Gasteiger partial charge on any atom is 0.118 e. The molecule has 1 fully saturated rings. The van der Waals surface area contributed by atoms with Gasteiger partial charge in [0.05, 0.1) is 13.1 Å². The van der Waals surface area contributed by atoms with Gasteiger partial charge in [0.2, 0.25) is 0 Å². The Morgan fingerprint density at radius 1 is 1.35 bits per heavy atom. The smallest absolute Gasteiger partial charge is 0.118 e. The highest BCUT2D eigenvalue weighted by molar-refractivity contribution is 5.07. The van der Waals surface area contributed by atoms with E-state index in [2.05, 4.69) is 43.2 Å². The molecule has 3 heteroatoms. The van der Waals surface area contributed by atoms with Crippen molar-refractivity contribution in [3.63, 3.8) is 0 Å². The largest absolute Gasteiger partial charge is 0.463 e. The van der Waals surface area contributed by atoms with Crippen LogP contribution in [0.1, 0.15) is 44.6 Å². The van der Waals surface area contributed by atoms with Crippen molar-refractivity contribution in [1.82, 2.24) is 10.2 Å². The SMILES string of the molecule is CC(C)NCc1ccc(CN(C)C2CCC2)o1. The minimum Gasteiger partial charge on any atom is -0.463 e. The van der Waals surface area contributed by atoms with Crippen LogP contribution in [-0.2, 0) is 13.1 Å². The molecule has 96 valence electrons. The van der Waals surface area contributed by atoms with Gasteiger partial charge in [-0.3, -0.25) is 4.90 Å². The van der Waals surface area contributed by atoms with Gasteiger partial charge < -0.3 is 9.73 Å². The Kier molecular flexibility index (Phi) is 4.24. The van der Waals surface area contributed by atoms with E-state index in [-0.39, 0.29) is 0 Å². The van der Waals surface area contributed by atoms with E-state index in [1.807, 2.05) is 0 Å². The summed E-state index contributed by atoms with van der Waals surface area (Å²) >= 11 is 0. The first-order valence-corrected chi connectivity index (χ1v) is 6.66. The maximum absolute atomic E-state index is 5.82. The van der Waals surface area contributed by atoms with E-state index in [0.29, 0.717) is 6.04 Å². The molecular weight excluding hydrogens is 212 g/mol. The molecule has 0 unspecified atom stereocenters. The summed E-state index contributed by atoms with van der Waals surface area (Å²) in [6.45, 7) is 6.06. The van der Waals surface area contributed by atoms with Gasteiger partial charge in [-0.15, -0.1) is 0 Å². The highest BCUT2D eigenvalue weighted by Gasteiger charge is 2.22. The number of hydrogen-bond acceptors (Lipinski definition) is 3. The molecule has 0 spiro atoms. The van der Waals surface area contributed by atoms with Gasteiger partial charge in [-0.2, -0.15) is 0 Å². The molecule has 1 saturated carbocycles. The Hall–Kier alpha value is -0.800. The monoisotopic (exact) mass is 236 g/mol. The van der Waals surface area contributed by atoms with Crippen molar-refractivity contribution in [2.24, 2.45) is 0 Å². The summed E-state index contributed by atoms with van der Waals surface area (Å²) in [5.41, 5.74) is 0. The number of rotatable bonds is 6. The number of nitrogens with one attached hydrogen (secondary N) is 1. The molecule has 1 aliphatic carbocycles. The summed E-state index contributed by atoms with van der Waals surface area (Å²) in [5.74, 6) is 2.12. The lowest BCUT2D eigenvalue weighted by atomic mass is 9.92. The van der Waals surface area contributed by atoms with Crippen molar-refractivity contribution in [3.05, 3.63) is 23.7 Å². The molecule has 0 atom stereocenters. The summed E-state index contributed by atoms with van der Waals surface area (Å²) in [4.78, 5) is 2.40. The second kappa shape index (κ2) is 5.69. The summed E-state index contributed by atoms with van der Waals surface area (Å²) < 4.78 is 5.82. The molecular formula is C14H24N2O. The van der Waals surface area contributed by atoms with Crippen molar-refractivity contribution in [2.45, 2.75) is 58.3 Å². The van der Waals surface area contributed by atoms with Gasteiger partial charge in [0.1, 0.15) is 11.5 Å². The molecule has 17 heavy (non-hydrogen) atoms. The summed E-state index contributed by atoms with van der Waals surface area (Å²) in [6, 6.07) is 5.46.